The molecule has 2 aliphatic rings. The number of para-hydroxylation sites is 4. The maximum absolute atomic E-state index is 2.62. The first kappa shape index (κ1) is 47.3. The Hall–Kier alpha value is -8.48. The van der Waals surface area contributed by atoms with Crippen LogP contribution in [-0.2, 0) is 10.8 Å². The molecule has 0 aliphatic carbocycles. The van der Waals surface area contributed by atoms with Crippen LogP contribution in [0.4, 0.5) is 51.2 Å². The molecule has 0 radical (unpaired) electrons. The Kier molecular flexibility index (Phi) is 10.9. The number of hydrogen-bond acceptors (Lipinski definition) is 3. The first-order valence-corrected chi connectivity index (χ1v) is 27.0. The van der Waals surface area contributed by atoms with Gasteiger partial charge in [0.1, 0.15) is 0 Å². The van der Waals surface area contributed by atoms with E-state index in [-0.39, 0.29) is 17.5 Å². The van der Waals surface area contributed by atoms with E-state index in [0.29, 0.717) is 0 Å². The molecule has 0 amide bonds. The molecule has 76 heavy (non-hydrogen) atoms. The number of anilines is 9. The Morgan fingerprint density at radius 1 is 0.342 bits per heavy atom. The third-order valence-electron chi connectivity index (χ3n) is 16.6. The lowest BCUT2D eigenvalue weighted by atomic mass is 9.34. The van der Waals surface area contributed by atoms with Gasteiger partial charge in [-0.15, -0.1) is 0 Å². The number of aromatic nitrogens is 2. The highest BCUT2D eigenvalue weighted by Gasteiger charge is 2.43. The lowest BCUT2D eigenvalue weighted by Crippen LogP contribution is -2.59. The molecule has 2 aliphatic heterocycles. The van der Waals surface area contributed by atoms with Crippen molar-refractivity contribution in [2.75, 3.05) is 14.7 Å². The van der Waals surface area contributed by atoms with Gasteiger partial charge in [-0.25, -0.2) is 0 Å². The van der Waals surface area contributed by atoms with Crippen molar-refractivity contribution in [2.45, 2.75) is 80.1 Å². The van der Waals surface area contributed by atoms with Crippen LogP contribution in [0.25, 0.3) is 33.2 Å². The molecule has 0 fully saturated rings. The molecule has 0 unspecified atom stereocenters. The van der Waals surface area contributed by atoms with E-state index in [1.54, 1.807) is 0 Å². The summed E-state index contributed by atoms with van der Waals surface area (Å²) in [6.07, 6.45) is 0. The van der Waals surface area contributed by atoms with E-state index in [9.17, 15) is 0 Å². The zero-order valence-corrected chi connectivity index (χ0v) is 45.4. The first-order valence-electron chi connectivity index (χ1n) is 27.0. The molecule has 5 nitrogen and oxygen atoms in total. The van der Waals surface area contributed by atoms with Crippen molar-refractivity contribution >= 4 is 96.1 Å². The molecule has 0 atom stereocenters. The smallest absolute Gasteiger partial charge is 0.252 e. The third kappa shape index (κ3) is 7.28. The van der Waals surface area contributed by atoms with Crippen LogP contribution in [0, 0.1) is 27.7 Å². The fraction of sp³-hybridized carbons (Fsp3) is 0.171. The molecule has 11 aromatic rings. The largest absolute Gasteiger partial charge is 0.314 e. The number of hydrogen-bond donors (Lipinski definition) is 0. The summed E-state index contributed by atoms with van der Waals surface area (Å²) in [7, 11) is 0. The van der Waals surface area contributed by atoms with Gasteiger partial charge in [-0.3, -0.25) is 0 Å². The highest BCUT2D eigenvalue weighted by atomic mass is 15.2. The van der Waals surface area contributed by atoms with Crippen molar-refractivity contribution < 1.29 is 0 Å². The summed E-state index contributed by atoms with van der Waals surface area (Å²) in [5.74, 6) is 0. The lowest BCUT2D eigenvalue weighted by molar-refractivity contribution is 0.590. The number of fused-ring (bicyclic) bond motifs is 4. The van der Waals surface area contributed by atoms with Crippen molar-refractivity contribution in [3.05, 3.63) is 240 Å². The second-order valence-corrected chi connectivity index (χ2v) is 23.2. The van der Waals surface area contributed by atoms with Crippen LogP contribution < -0.4 is 31.1 Å². The maximum atomic E-state index is 2.62. The van der Waals surface area contributed by atoms with Gasteiger partial charge in [0, 0.05) is 67.7 Å². The van der Waals surface area contributed by atoms with E-state index in [2.05, 4.69) is 299 Å². The van der Waals surface area contributed by atoms with Crippen LogP contribution >= 0.6 is 0 Å². The number of nitrogens with zero attached hydrogens (tertiary/aromatic N) is 5. The zero-order chi connectivity index (χ0) is 52.4. The Morgan fingerprint density at radius 2 is 0.658 bits per heavy atom. The molecule has 4 heterocycles. The van der Waals surface area contributed by atoms with E-state index >= 15 is 0 Å². The van der Waals surface area contributed by atoms with Crippen molar-refractivity contribution in [2.24, 2.45) is 0 Å². The van der Waals surface area contributed by atoms with Gasteiger partial charge in [0.2, 0.25) is 0 Å². The summed E-state index contributed by atoms with van der Waals surface area (Å²) in [5, 5.41) is 2.54. The topological polar surface area (TPSA) is 19.6 Å². The predicted molar refractivity (Wildman–Crippen MR) is 325 cm³/mol. The van der Waals surface area contributed by atoms with Crippen molar-refractivity contribution in [1.82, 2.24) is 9.13 Å². The minimum Gasteiger partial charge on any atom is -0.314 e. The fourth-order valence-electron chi connectivity index (χ4n) is 12.6. The van der Waals surface area contributed by atoms with Gasteiger partial charge in [0.05, 0.1) is 28.1 Å². The molecule has 0 N–H and O–H groups in total. The fourth-order valence-corrected chi connectivity index (χ4v) is 12.6. The van der Waals surface area contributed by atoms with Gasteiger partial charge in [0.15, 0.2) is 0 Å². The molecule has 9 aromatic carbocycles. The zero-order valence-electron chi connectivity index (χ0n) is 45.4. The Morgan fingerprint density at radius 3 is 0.974 bits per heavy atom. The normalized spacial score (nSPS) is 12.6. The summed E-state index contributed by atoms with van der Waals surface area (Å²) >= 11 is 0. The van der Waals surface area contributed by atoms with Crippen LogP contribution in [-0.4, -0.2) is 15.8 Å². The number of rotatable bonds is 9. The molecular weight excluding hydrogens is 922 g/mol. The van der Waals surface area contributed by atoms with E-state index < -0.39 is 0 Å². The van der Waals surface area contributed by atoms with Crippen LogP contribution in [0.15, 0.2) is 206 Å². The van der Waals surface area contributed by atoms with Gasteiger partial charge in [-0.2, -0.15) is 0 Å². The average Bonchev–Trinajstić information content (AvgIpc) is 3.96. The molecular formula is C70H64BN5. The molecule has 0 saturated carbocycles. The van der Waals surface area contributed by atoms with Crippen molar-refractivity contribution in [1.29, 1.82) is 0 Å². The number of aryl methyl sites for hydroxylation is 2. The predicted octanol–water partition coefficient (Wildman–Crippen LogP) is 17.0. The van der Waals surface area contributed by atoms with Gasteiger partial charge < -0.3 is 23.8 Å². The molecule has 6 heteroatoms. The first-order chi connectivity index (χ1) is 36.7. The van der Waals surface area contributed by atoms with Gasteiger partial charge in [-0.05, 0) is 174 Å². The Labute approximate surface area is 449 Å². The number of benzene rings is 9. The Balaban J connectivity index is 1.15. The van der Waals surface area contributed by atoms with E-state index in [0.717, 1.165) is 39.8 Å². The van der Waals surface area contributed by atoms with Crippen LogP contribution in [0.2, 0.25) is 0 Å². The van der Waals surface area contributed by atoms with Crippen LogP contribution in [0.3, 0.4) is 0 Å². The van der Waals surface area contributed by atoms with Crippen LogP contribution in [0.5, 0.6) is 0 Å². The van der Waals surface area contributed by atoms with E-state index in [4.69, 9.17) is 0 Å². The molecule has 0 saturated heterocycles. The van der Waals surface area contributed by atoms with Crippen molar-refractivity contribution in [3.8, 4) is 11.4 Å². The highest BCUT2D eigenvalue weighted by molar-refractivity contribution is 7.00. The maximum Gasteiger partial charge on any atom is 0.252 e. The molecule has 372 valence electrons. The molecule has 0 spiro atoms. The van der Waals surface area contributed by atoms with Crippen molar-refractivity contribution in [3.63, 3.8) is 0 Å². The quantitative estimate of drug-likeness (QED) is 0.134. The average molecular weight is 986 g/mol. The summed E-state index contributed by atoms with van der Waals surface area (Å²) in [6, 6.07) is 76.8. The SMILES string of the molecule is Cc1c(C)n2c3c(ccc(N(c4ccccc4)c4ccccc4)c13)B1c3c-2cc(N(c2ccc(C(C)(C)C)cc2)c2ccc(C(C)(C)C)cc2)cc3-n2c(C)c(C)c3c(N(c4ccccc4)c4ccccc4)ccc1c32. The monoisotopic (exact) mass is 986 g/mol. The summed E-state index contributed by atoms with van der Waals surface area (Å²) in [4.78, 5) is 7.39. The molecule has 0 bridgehead atoms. The third-order valence-corrected chi connectivity index (χ3v) is 16.6. The van der Waals surface area contributed by atoms with E-state index in [1.165, 1.54) is 94.6 Å². The summed E-state index contributed by atoms with van der Waals surface area (Å²) in [6.45, 7) is 23.1. The summed E-state index contributed by atoms with van der Waals surface area (Å²) < 4.78 is 5.24. The lowest BCUT2D eigenvalue weighted by Gasteiger charge is -2.37. The van der Waals surface area contributed by atoms with Gasteiger partial charge in [-0.1, -0.05) is 151 Å². The second kappa shape index (κ2) is 17.6. The van der Waals surface area contributed by atoms with E-state index in [1.807, 2.05) is 0 Å². The Bertz CT molecular complexity index is 3690. The van der Waals surface area contributed by atoms with Crippen LogP contribution in [0.1, 0.15) is 75.2 Å². The summed E-state index contributed by atoms with van der Waals surface area (Å²) in [5.41, 5.74) is 26.8. The highest BCUT2D eigenvalue weighted by Crippen LogP contribution is 2.48. The van der Waals surface area contributed by atoms with Gasteiger partial charge >= 0.3 is 0 Å². The standard InChI is InChI=1S/C70H64BN5/c1-45-47(3)72-62-43-57(74(55-35-31-49(32-36-55)69(5,6)7)56-37-33-50(34-38-56)70(8,9)10)44-63-66(62)71(58-39-41-60(64(45)67(58)72)75(51-23-15-11-16-24-51)52-25-17-12-18-26-52)59-40-42-61(65-46(2)48(4)73(63)68(59)65)76(53-27-19-13-20-28-53)54-29-21-14-22-30-54/h11-44H,1-10H3. The minimum absolute atomic E-state index is 0.0127. The second-order valence-electron chi connectivity index (χ2n) is 23.2. The minimum atomic E-state index is -0.0519. The molecule has 13 rings (SSSR count). The van der Waals surface area contributed by atoms with Gasteiger partial charge in [0.25, 0.3) is 6.71 Å². The molecule has 2 aromatic heterocycles.